The maximum Gasteiger partial charge on any atom is 0.337 e. The van der Waals surface area contributed by atoms with Gasteiger partial charge in [-0.3, -0.25) is 4.57 Å². The summed E-state index contributed by atoms with van der Waals surface area (Å²) in [6.07, 6.45) is 3.57. The molecule has 0 radical (unpaired) electrons. The summed E-state index contributed by atoms with van der Waals surface area (Å²) in [5.74, 6) is 0.552. The molecule has 6 nitrogen and oxygen atoms in total. The fourth-order valence-corrected chi connectivity index (χ4v) is 3.70. The van der Waals surface area contributed by atoms with Crippen LogP contribution in [0.4, 0.5) is 4.79 Å². The number of aromatic nitrogens is 2. The lowest BCUT2D eigenvalue weighted by Crippen LogP contribution is -2.46. The number of nitrogens with zero attached hydrogens (tertiary/aromatic N) is 3. The second kappa shape index (κ2) is 8.08. The van der Waals surface area contributed by atoms with E-state index in [4.69, 9.17) is 0 Å². The molecule has 6 heteroatoms. The molecule has 0 bridgehead atoms. The molecular weight excluding hydrogens is 328 g/mol. The molecule has 1 aromatic carbocycles. The van der Waals surface area contributed by atoms with Gasteiger partial charge < -0.3 is 10.2 Å². The number of likely N-dealkylation sites (N-methyl/N-ethyl adjacent to an activating group) is 1. The van der Waals surface area contributed by atoms with Gasteiger partial charge in [-0.2, -0.15) is 0 Å². The second-order valence-electron chi connectivity index (χ2n) is 7.35. The van der Waals surface area contributed by atoms with Crippen molar-refractivity contribution in [3.8, 4) is 0 Å². The Bertz CT molecular complexity index is 815. The second-order valence-corrected chi connectivity index (χ2v) is 7.35. The zero-order valence-electron chi connectivity index (χ0n) is 16.1. The van der Waals surface area contributed by atoms with Crippen molar-refractivity contribution >= 4 is 17.1 Å². The number of carbonyl (C=O) groups excluding carboxylic acids is 1. The van der Waals surface area contributed by atoms with E-state index in [1.807, 2.05) is 31.2 Å². The first-order valence-corrected chi connectivity index (χ1v) is 9.78. The topological polar surface area (TPSA) is 59.3 Å². The van der Waals surface area contributed by atoms with Crippen LogP contribution in [-0.4, -0.2) is 45.7 Å². The zero-order chi connectivity index (χ0) is 18.7. The molecule has 1 aliphatic carbocycles. The molecule has 1 N–H and O–H groups in total. The smallest absolute Gasteiger partial charge is 0.334 e. The number of nitrogens with one attached hydrogen (secondary N) is 1. The number of carbonyl (C=O) groups is 1. The van der Waals surface area contributed by atoms with Crippen molar-refractivity contribution in [1.29, 1.82) is 0 Å². The Labute approximate surface area is 154 Å². The van der Waals surface area contributed by atoms with Gasteiger partial charge in [0, 0.05) is 19.1 Å². The Balaban J connectivity index is 1.85. The van der Waals surface area contributed by atoms with Crippen LogP contribution in [0.1, 0.15) is 40.0 Å². The van der Waals surface area contributed by atoms with Crippen molar-refractivity contribution in [2.24, 2.45) is 5.92 Å². The molecule has 0 spiro atoms. The SMILES string of the molecule is CCN(CC)CC(C)NC(=O)n1c(=O)n(CC2CCC2)c2ccccc21. The lowest BCUT2D eigenvalue weighted by molar-refractivity contribution is 0.228. The third-order valence-corrected chi connectivity index (χ3v) is 5.50. The van der Waals surface area contributed by atoms with Gasteiger partial charge in [-0.1, -0.05) is 32.4 Å². The Hall–Kier alpha value is -2.08. The first-order valence-electron chi connectivity index (χ1n) is 9.78. The molecule has 1 aromatic heterocycles. The monoisotopic (exact) mass is 358 g/mol. The predicted molar refractivity (Wildman–Crippen MR) is 105 cm³/mol. The van der Waals surface area contributed by atoms with Gasteiger partial charge in [0.2, 0.25) is 0 Å². The third kappa shape index (κ3) is 3.70. The average Bonchev–Trinajstić information content (AvgIpc) is 2.87. The zero-order valence-corrected chi connectivity index (χ0v) is 16.1. The average molecular weight is 358 g/mol. The van der Waals surface area contributed by atoms with Gasteiger partial charge in [0.05, 0.1) is 11.0 Å². The van der Waals surface area contributed by atoms with E-state index < -0.39 is 0 Å². The van der Waals surface area contributed by atoms with E-state index in [0.29, 0.717) is 18.0 Å². The van der Waals surface area contributed by atoms with Crippen LogP contribution < -0.4 is 11.0 Å². The van der Waals surface area contributed by atoms with Crippen LogP contribution in [0.5, 0.6) is 0 Å². The van der Waals surface area contributed by atoms with Crippen molar-refractivity contribution in [3.05, 3.63) is 34.7 Å². The quantitative estimate of drug-likeness (QED) is 0.828. The molecule has 142 valence electrons. The number of fused-ring (bicyclic) bond motifs is 1. The predicted octanol–water partition coefficient (Wildman–Crippen LogP) is 2.89. The van der Waals surface area contributed by atoms with Crippen molar-refractivity contribution in [2.45, 2.75) is 52.6 Å². The Morgan fingerprint density at radius 3 is 2.46 bits per heavy atom. The Kier molecular flexibility index (Phi) is 5.81. The molecule has 3 rings (SSSR count). The number of hydrogen-bond donors (Lipinski definition) is 1. The van der Waals surface area contributed by atoms with Crippen LogP contribution in [0.25, 0.3) is 11.0 Å². The minimum atomic E-state index is -0.335. The summed E-state index contributed by atoms with van der Waals surface area (Å²) in [6.45, 7) is 9.56. The molecule has 1 amide bonds. The van der Waals surface area contributed by atoms with Crippen molar-refractivity contribution in [3.63, 3.8) is 0 Å². The first-order chi connectivity index (χ1) is 12.5. The fourth-order valence-electron chi connectivity index (χ4n) is 3.70. The van der Waals surface area contributed by atoms with Gasteiger partial charge >= 0.3 is 11.7 Å². The summed E-state index contributed by atoms with van der Waals surface area (Å²) >= 11 is 0. The maximum absolute atomic E-state index is 13.0. The molecule has 1 saturated carbocycles. The van der Waals surface area contributed by atoms with Gasteiger partial charge in [0.25, 0.3) is 0 Å². The number of hydrogen-bond acceptors (Lipinski definition) is 3. The number of para-hydroxylation sites is 2. The number of benzene rings is 1. The lowest BCUT2D eigenvalue weighted by atomic mass is 9.85. The van der Waals surface area contributed by atoms with Gasteiger partial charge in [0.15, 0.2) is 0 Å². The van der Waals surface area contributed by atoms with Crippen LogP contribution in [-0.2, 0) is 6.54 Å². The first kappa shape index (κ1) is 18.7. The van der Waals surface area contributed by atoms with E-state index >= 15 is 0 Å². The van der Waals surface area contributed by atoms with Gasteiger partial charge in [-0.15, -0.1) is 0 Å². The van der Waals surface area contributed by atoms with Crippen LogP contribution in [0.3, 0.4) is 0 Å². The van der Waals surface area contributed by atoms with Gasteiger partial charge in [-0.25, -0.2) is 14.2 Å². The summed E-state index contributed by atoms with van der Waals surface area (Å²) in [5.41, 5.74) is 1.30. The minimum absolute atomic E-state index is 0.0250. The summed E-state index contributed by atoms with van der Waals surface area (Å²) in [7, 11) is 0. The standard InChI is InChI=1S/C20H30N4O2/c1-4-22(5-2)13-15(3)21-19(25)24-18-12-7-6-11-17(18)23(20(24)26)14-16-9-8-10-16/h6-7,11-12,15-16H,4-5,8-10,13-14H2,1-3H3,(H,21,25). The van der Waals surface area contributed by atoms with E-state index in [9.17, 15) is 9.59 Å². The van der Waals surface area contributed by atoms with Crippen molar-refractivity contribution in [2.75, 3.05) is 19.6 Å². The van der Waals surface area contributed by atoms with Crippen LogP contribution in [0.2, 0.25) is 0 Å². The third-order valence-electron chi connectivity index (χ3n) is 5.50. The highest BCUT2D eigenvalue weighted by Crippen LogP contribution is 2.28. The van der Waals surface area contributed by atoms with E-state index in [1.54, 1.807) is 4.57 Å². The Morgan fingerprint density at radius 1 is 1.23 bits per heavy atom. The van der Waals surface area contributed by atoms with Crippen LogP contribution in [0, 0.1) is 5.92 Å². The van der Waals surface area contributed by atoms with Crippen LogP contribution in [0.15, 0.2) is 29.1 Å². The Morgan fingerprint density at radius 2 is 1.88 bits per heavy atom. The highest BCUT2D eigenvalue weighted by molar-refractivity contribution is 5.89. The van der Waals surface area contributed by atoms with E-state index in [-0.39, 0.29) is 17.8 Å². The molecule has 1 unspecified atom stereocenters. The number of amides is 1. The largest absolute Gasteiger partial charge is 0.337 e. The van der Waals surface area contributed by atoms with Crippen LogP contribution >= 0.6 is 0 Å². The molecule has 1 aliphatic rings. The summed E-state index contributed by atoms with van der Waals surface area (Å²) < 4.78 is 3.07. The van der Waals surface area contributed by atoms with Gasteiger partial charge in [-0.05, 0) is 50.9 Å². The maximum atomic E-state index is 13.0. The van der Waals surface area contributed by atoms with Gasteiger partial charge in [0.1, 0.15) is 0 Å². The normalized spacial score (nSPS) is 16.0. The fraction of sp³-hybridized carbons (Fsp3) is 0.600. The molecule has 1 fully saturated rings. The summed E-state index contributed by atoms with van der Waals surface area (Å²) in [6, 6.07) is 7.21. The lowest BCUT2D eigenvalue weighted by Gasteiger charge is -2.25. The highest BCUT2D eigenvalue weighted by Gasteiger charge is 2.24. The molecule has 0 aliphatic heterocycles. The molecule has 2 aromatic rings. The van der Waals surface area contributed by atoms with E-state index in [1.165, 1.54) is 23.8 Å². The number of rotatable bonds is 7. The molecular formula is C20H30N4O2. The van der Waals surface area contributed by atoms with Crippen molar-refractivity contribution < 1.29 is 4.79 Å². The molecule has 0 saturated heterocycles. The summed E-state index contributed by atoms with van der Waals surface area (Å²) in [5, 5.41) is 2.99. The molecule has 26 heavy (non-hydrogen) atoms. The van der Waals surface area contributed by atoms with E-state index in [2.05, 4.69) is 24.1 Å². The van der Waals surface area contributed by atoms with E-state index in [0.717, 1.165) is 25.2 Å². The van der Waals surface area contributed by atoms with Crippen molar-refractivity contribution in [1.82, 2.24) is 19.4 Å². The number of imidazole rings is 1. The molecule has 1 heterocycles. The summed E-state index contributed by atoms with van der Waals surface area (Å²) in [4.78, 5) is 28.1. The minimum Gasteiger partial charge on any atom is -0.334 e. The molecule has 1 atom stereocenters. The highest BCUT2D eigenvalue weighted by atomic mass is 16.2.